The summed E-state index contributed by atoms with van der Waals surface area (Å²) in [5, 5.41) is 2.00. The molecule has 5 aliphatic heterocycles. The summed E-state index contributed by atoms with van der Waals surface area (Å²) in [6.07, 6.45) is 7.52. The van der Waals surface area contributed by atoms with Crippen LogP contribution in [-0.4, -0.2) is 59.9 Å². The second-order valence-corrected chi connectivity index (χ2v) is 16.1. The summed E-state index contributed by atoms with van der Waals surface area (Å²) in [5.41, 5.74) is 7.50. The minimum atomic E-state index is -5.09. The topological polar surface area (TPSA) is 119 Å². The van der Waals surface area contributed by atoms with Gasteiger partial charge in [-0.3, -0.25) is 0 Å². The van der Waals surface area contributed by atoms with E-state index in [1.54, 1.807) is 0 Å². The molecule has 0 amide bonds. The quantitative estimate of drug-likeness (QED) is 0.184. The number of rotatable bonds is 6. The lowest BCUT2D eigenvalue weighted by molar-refractivity contribution is 0.431. The van der Waals surface area contributed by atoms with Crippen molar-refractivity contribution in [1.82, 2.24) is 9.30 Å². The van der Waals surface area contributed by atoms with Gasteiger partial charge in [-0.15, -0.1) is 0 Å². The number of ether oxygens (including phenoxy) is 1. The van der Waals surface area contributed by atoms with Crippen molar-refractivity contribution < 1.29 is 26.1 Å². The minimum Gasteiger partial charge on any atom is -0.744 e. The number of hydrogen-bond acceptors (Lipinski definition) is 8. The number of sulfonamides is 1. The Kier molecular flexibility index (Phi) is 7.10. The third-order valence-corrected chi connectivity index (χ3v) is 12.5. The third kappa shape index (κ3) is 4.74. The molecule has 0 saturated carbocycles. The second kappa shape index (κ2) is 10.8. The Bertz CT molecular complexity index is 2140. The zero-order chi connectivity index (χ0) is 31.1. The van der Waals surface area contributed by atoms with Crippen molar-refractivity contribution in [3.05, 3.63) is 74.3 Å². The van der Waals surface area contributed by atoms with Gasteiger partial charge in [0, 0.05) is 77.0 Å². The molecule has 0 aromatic heterocycles. The van der Waals surface area contributed by atoms with Crippen molar-refractivity contribution in [3.63, 3.8) is 0 Å². The van der Waals surface area contributed by atoms with Crippen LogP contribution in [0.25, 0.3) is 5.57 Å². The smallest absolute Gasteiger partial charge is 0.240 e. The zero-order valence-electron chi connectivity index (χ0n) is 24.9. The molecule has 0 bridgehead atoms. The molecule has 5 heterocycles. The van der Waals surface area contributed by atoms with Crippen molar-refractivity contribution in [2.45, 2.75) is 61.2 Å². The molecule has 9 nitrogen and oxygen atoms in total. The fraction of sp³-hybridized carbons (Fsp3) is 0.424. The Morgan fingerprint density at radius 2 is 1.60 bits per heavy atom. The van der Waals surface area contributed by atoms with E-state index < -0.39 is 25.0 Å². The van der Waals surface area contributed by atoms with E-state index in [4.69, 9.17) is 4.74 Å². The molecule has 3 aromatic carbocycles. The van der Waals surface area contributed by atoms with Gasteiger partial charge in [-0.25, -0.2) is 26.1 Å². The SMILES string of the molecule is O=S(=O)([O-])c1cc(S(=O)(=O)NCCS)ccc1C1=c2cc3c4c(c2Oc2c1cc1c5c2CCCN5CCC1)CCC[N+]=4CCC3. The second-order valence-electron chi connectivity index (χ2n) is 12.6. The zero-order valence-corrected chi connectivity index (χ0v) is 27.4. The maximum absolute atomic E-state index is 13.0. The van der Waals surface area contributed by atoms with E-state index in [2.05, 4.69) is 39.0 Å². The summed E-state index contributed by atoms with van der Waals surface area (Å²) < 4.78 is 76.9. The first-order chi connectivity index (χ1) is 21.7. The van der Waals surface area contributed by atoms with Crippen LogP contribution in [0.2, 0.25) is 0 Å². The molecule has 0 fully saturated rings. The first-order valence-corrected chi connectivity index (χ1v) is 19.3. The summed E-state index contributed by atoms with van der Waals surface area (Å²) in [5.74, 6) is 1.73. The molecule has 0 spiro atoms. The number of benzene rings is 3. The molecule has 8 rings (SSSR count). The predicted molar refractivity (Wildman–Crippen MR) is 174 cm³/mol. The van der Waals surface area contributed by atoms with Crippen molar-refractivity contribution in [2.75, 3.05) is 43.4 Å². The summed E-state index contributed by atoms with van der Waals surface area (Å²) in [6.45, 7) is 4.05. The Morgan fingerprint density at radius 1 is 0.867 bits per heavy atom. The van der Waals surface area contributed by atoms with Crippen LogP contribution in [0, 0.1) is 0 Å². The van der Waals surface area contributed by atoms with E-state index in [1.807, 2.05) is 0 Å². The summed E-state index contributed by atoms with van der Waals surface area (Å²) in [6, 6.07) is 8.14. The molecule has 0 aliphatic carbocycles. The van der Waals surface area contributed by atoms with E-state index in [9.17, 15) is 21.4 Å². The highest BCUT2D eigenvalue weighted by Crippen LogP contribution is 2.49. The van der Waals surface area contributed by atoms with Crippen LogP contribution in [-0.2, 0) is 45.8 Å². The highest BCUT2D eigenvalue weighted by Gasteiger charge is 2.36. The normalized spacial score (nSPS) is 18.5. The molecule has 236 valence electrons. The molecule has 0 unspecified atom stereocenters. The Morgan fingerprint density at radius 3 is 2.38 bits per heavy atom. The maximum Gasteiger partial charge on any atom is 0.240 e. The molecule has 0 saturated heterocycles. The first-order valence-electron chi connectivity index (χ1n) is 15.8. The molecule has 5 aliphatic rings. The van der Waals surface area contributed by atoms with Crippen LogP contribution in [0.5, 0.6) is 11.5 Å². The average molecular weight is 666 g/mol. The van der Waals surface area contributed by atoms with Gasteiger partial charge < -0.3 is 14.2 Å². The van der Waals surface area contributed by atoms with Crippen LogP contribution >= 0.6 is 12.6 Å². The third-order valence-electron chi connectivity index (χ3n) is 9.89. The number of hydrogen-bond donors (Lipinski definition) is 2. The largest absolute Gasteiger partial charge is 0.744 e. The van der Waals surface area contributed by atoms with Crippen molar-refractivity contribution >= 4 is 44.0 Å². The molecular weight excluding hydrogens is 631 g/mol. The fourth-order valence-electron chi connectivity index (χ4n) is 8.15. The Balaban J connectivity index is 1.49. The predicted octanol–water partition coefficient (Wildman–Crippen LogP) is 2.23. The summed E-state index contributed by atoms with van der Waals surface area (Å²) in [7, 11) is -9.15. The van der Waals surface area contributed by atoms with Gasteiger partial charge in [-0.1, -0.05) is 6.07 Å². The molecule has 3 aromatic rings. The van der Waals surface area contributed by atoms with E-state index in [-0.39, 0.29) is 22.8 Å². The van der Waals surface area contributed by atoms with Gasteiger partial charge in [0.15, 0.2) is 0 Å². The van der Waals surface area contributed by atoms with E-state index in [0.29, 0.717) is 5.57 Å². The van der Waals surface area contributed by atoms with Gasteiger partial charge >= 0.3 is 0 Å². The number of nitrogens with one attached hydrogen (secondary N) is 1. The van der Waals surface area contributed by atoms with Crippen molar-refractivity contribution in [2.24, 2.45) is 0 Å². The van der Waals surface area contributed by atoms with E-state index >= 15 is 0 Å². The lowest BCUT2D eigenvalue weighted by atomic mass is 9.82. The molecule has 0 atom stereocenters. The van der Waals surface area contributed by atoms with Gasteiger partial charge in [-0.05, 0) is 68.4 Å². The average Bonchev–Trinajstić information content (AvgIpc) is 3.03. The number of fused-ring (bicyclic) bond motifs is 4. The fourth-order valence-corrected chi connectivity index (χ4v) is 10.3. The molecule has 45 heavy (non-hydrogen) atoms. The number of thiol groups is 1. The van der Waals surface area contributed by atoms with E-state index in [0.717, 1.165) is 117 Å². The number of anilines is 1. The van der Waals surface area contributed by atoms with Crippen LogP contribution < -0.4 is 29.5 Å². The highest BCUT2D eigenvalue weighted by molar-refractivity contribution is 7.89. The van der Waals surface area contributed by atoms with Gasteiger partial charge in [0.1, 0.15) is 34.7 Å². The lowest BCUT2D eigenvalue weighted by Crippen LogP contribution is -2.45. The van der Waals surface area contributed by atoms with Crippen molar-refractivity contribution in [3.8, 4) is 11.5 Å². The molecular formula is C33H35N3O6S3. The number of aryl methyl sites for hydroxylation is 2. The van der Waals surface area contributed by atoms with Gasteiger partial charge in [0.05, 0.1) is 15.4 Å². The van der Waals surface area contributed by atoms with Crippen LogP contribution in [0.15, 0.2) is 40.1 Å². The molecule has 12 heteroatoms. The van der Waals surface area contributed by atoms with Gasteiger partial charge in [0.25, 0.3) is 0 Å². The van der Waals surface area contributed by atoms with Gasteiger partial charge in [-0.2, -0.15) is 12.6 Å². The van der Waals surface area contributed by atoms with Crippen LogP contribution in [0.4, 0.5) is 5.69 Å². The first kappa shape index (κ1) is 29.5. The summed E-state index contributed by atoms with van der Waals surface area (Å²) in [4.78, 5) is 1.62. The molecule has 0 radical (unpaired) electrons. The highest BCUT2D eigenvalue weighted by atomic mass is 32.2. The molecule has 1 N–H and O–H groups in total. The van der Waals surface area contributed by atoms with Gasteiger partial charge in [0.2, 0.25) is 15.4 Å². The Hall–Kier alpha value is -2.90. The lowest BCUT2D eigenvalue weighted by Gasteiger charge is -2.39. The Labute approximate surface area is 268 Å². The monoisotopic (exact) mass is 665 g/mol. The van der Waals surface area contributed by atoms with E-state index in [1.165, 1.54) is 34.3 Å². The van der Waals surface area contributed by atoms with Crippen molar-refractivity contribution in [1.29, 1.82) is 0 Å². The van der Waals surface area contributed by atoms with Crippen LogP contribution in [0.3, 0.4) is 0 Å². The van der Waals surface area contributed by atoms with Crippen LogP contribution in [0.1, 0.15) is 59.1 Å². The minimum absolute atomic E-state index is 0.0674. The summed E-state index contributed by atoms with van der Waals surface area (Å²) >= 11 is 4.08. The maximum atomic E-state index is 13.0. The standard InChI is InChI=1S/C33H35N3O6S3/c37-44(38,34-11-16-43)22-9-10-23(28(19-22)45(39,40)41)29-26-17-20-5-1-12-35-14-3-7-24(30(20)35)32(26)42-33-25-8-4-15-36-13-2-6-21(31(25)36)18-27(29)33/h9-10,17-19,34H,1-8,11-16H2,(H-,39,40,41,43). The number of nitrogens with zero attached hydrogens (tertiary/aromatic N) is 2.